The molecule has 2 N–H and O–H groups in total. The molecule has 1 aliphatic carbocycles. The number of rotatable bonds is 5. The first kappa shape index (κ1) is 18.3. The average Bonchev–Trinajstić information content (AvgIpc) is 3.28. The van der Waals surface area contributed by atoms with Crippen molar-refractivity contribution in [1.82, 2.24) is 20.2 Å². The van der Waals surface area contributed by atoms with E-state index in [0.717, 1.165) is 29.1 Å². The molecule has 1 aliphatic heterocycles. The van der Waals surface area contributed by atoms with Gasteiger partial charge in [-0.15, -0.1) is 15.7 Å². The number of hydrogen-bond acceptors (Lipinski definition) is 7. The Bertz CT molecular complexity index is 1030. The average molecular weight is 404 g/mol. The Hall–Kier alpha value is -3.05. The van der Waals surface area contributed by atoms with Crippen LogP contribution in [0.2, 0.25) is 0 Å². The van der Waals surface area contributed by atoms with Gasteiger partial charge in [-0.25, -0.2) is 8.78 Å². The van der Waals surface area contributed by atoms with Crippen LogP contribution in [0.25, 0.3) is 5.57 Å². The summed E-state index contributed by atoms with van der Waals surface area (Å²) < 4.78 is 28.3. The van der Waals surface area contributed by atoms with Gasteiger partial charge < -0.3 is 9.88 Å². The van der Waals surface area contributed by atoms with Crippen molar-refractivity contribution in [2.45, 2.75) is 11.2 Å². The Kier molecular flexibility index (Phi) is 4.92. The number of halogens is 2. The quantitative estimate of drug-likeness (QED) is 0.741. The first-order valence-corrected chi connectivity index (χ1v) is 9.16. The standard InChI is InChI=1S/C17H14F2N6O2S/c1-25-16(9-2-4-13-14(6-9)24-27-23-13)21-22-17(25)28-8-15(26)20-12-5-3-10(18)7-11(12)19/h2-7,14,24H,8H2,1H3,(H,20,26). The van der Waals surface area contributed by atoms with Crippen molar-refractivity contribution >= 4 is 34.6 Å². The lowest BCUT2D eigenvalue weighted by Crippen LogP contribution is -2.28. The third-order valence-electron chi connectivity index (χ3n) is 4.06. The lowest BCUT2D eigenvalue weighted by molar-refractivity contribution is -0.113. The van der Waals surface area contributed by atoms with E-state index >= 15 is 0 Å². The molecule has 144 valence electrons. The molecule has 0 radical (unpaired) electrons. The van der Waals surface area contributed by atoms with Gasteiger partial charge in [0.15, 0.2) is 11.0 Å². The van der Waals surface area contributed by atoms with Crippen molar-refractivity contribution in [3.8, 4) is 0 Å². The van der Waals surface area contributed by atoms with Gasteiger partial charge in [0.2, 0.25) is 5.91 Å². The Morgan fingerprint density at radius 3 is 3.04 bits per heavy atom. The molecule has 0 spiro atoms. The molecule has 4 rings (SSSR count). The molecule has 2 aliphatic rings. The normalized spacial score (nSPS) is 17.6. The van der Waals surface area contributed by atoms with E-state index in [1.54, 1.807) is 11.6 Å². The van der Waals surface area contributed by atoms with Gasteiger partial charge in [-0.1, -0.05) is 16.9 Å². The number of nitrogens with one attached hydrogen (secondary N) is 2. The number of nitrogens with zero attached hydrogens (tertiary/aromatic N) is 4. The summed E-state index contributed by atoms with van der Waals surface area (Å²) in [5.74, 6) is -1.36. The van der Waals surface area contributed by atoms with E-state index in [4.69, 9.17) is 4.94 Å². The van der Waals surface area contributed by atoms with Crippen molar-refractivity contribution < 1.29 is 18.5 Å². The maximum Gasteiger partial charge on any atom is 0.234 e. The van der Waals surface area contributed by atoms with Gasteiger partial charge in [0, 0.05) is 18.7 Å². The van der Waals surface area contributed by atoms with E-state index < -0.39 is 17.5 Å². The topological polar surface area (TPSA) is 93.4 Å². The highest BCUT2D eigenvalue weighted by molar-refractivity contribution is 7.99. The zero-order chi connectivity index (χ0) is 19.7. The molecular weight excluding hydrogens is 390 g/mol. The van der Waals surface area contributed by atoms with E-state index in [1.807, 2.05) is 18.2 Å². The maximum atomic E-state index is 13.6. The molecular formula is C17H14F2N6O2S. The fourth-order valence-corrected chi connectivity index (χ4v) is 3.38. The summed E-state index contributed by atoms with van der Waals surface area (Å²) >= 11 is 1.15. The van der Waals surface area contributed by atoms with Crippen LogP contribution in [-0.2, 0) is 16.8 Å². The summed E-state index contributed by atoms with van der Waals surface area (Å²) in [6.07, 6.45) is 5.59. The Morgan fingerprint density at radius 2 is 2.21 bits per heavy atom. The highest BCUT2D eigenvalue weighted by atomic mass is 32.2. The van der Waals surface area contributed by atoms with Gasteiger partial charge in [0.1, 0.15) is 23.4 Å². The zero-order valence-electron chi connectivity index (χ0n) is 14.5. The highest BCUT2D eigenvalue weighted by Gasteiger charge is 2.24. The summed E-state index contributed by atoms with van der Waals surface area (Å²) in [5.41, 5.74) is 4.28. The third-order valence-corrected chi connectivity index (χ3v) is 5.08. The molecule has 0 bridgehead atoms. The molecule has 0 fully saturated rings. The monoisotopic (exact) mass is 404 g/mol. The smallest absolute Gasteiger partial charge is 0.234 e. The summed E-state index contributed by atoms with van der Waals surface area (Å²) in [6.45, 7) is 0. The van der Waals surface area contributed by atoms with Crippen LogP contribution in [0.5, 0.6) is 0 Å². The highest BCUT2D eigenvalue weighted by Crippen LogP contribution is 2.24. The van der Waals surface area contributed by atoms with E-state index in [9.17, 15) is 13.6 Å². The summed E-state index contributed by atoms with van der Waals surface area (Å²) in [6, 6.07) is 2.81. The molecule has 1 aromatic heterocycles. The van der Waals surface area contributed by atoms with Crippen LogP contribution in [0.3, 0.4) is 0 Å². The number of oxime groups is 1. The molecule has 11 heteroatoms. The molecule has 0 saturated carbocycles. The SMILES string of the molecule is Cn1c(SCC(=O)Nc2ccc(F)cc2F)nnc1C1=CC2NON=C2C=C1. The minimum Gasteiger partial charge on any atom is -0.323 e. The van der Waals surface area contributed by atoms with Crippen molar-refractivity contribution in [1.29, 1.82) is 0 Å². The van der Waals surface area contributed by atoms with Crippen LogP contribution in [0.4, 0.5) is 14.5 Å². The number of benzene rings is 1. The summed E-state index contributed by atoms with van der Waals surface area (Å²) in [7, 11) is 1.78. The molecule has 2 heterocycles. The van der Waals surface area contributed by atoms with Crippen LogP contribution >= 0.6 is 11.8 Å². The maximum absolute atomic E-state index is 13.6. The van der Waals surface area contributed by atoms with Gasteiger partial charge >= 0.3 is 0 Å². The van der Waals surface area contributed by atoms with Crippen molar-refractivity contribution in [3.63, 3.8) is 0 Å². The van der Waals surface area contributed by atoms with Gasteiger partial charge in [-0.2, -0.15) is 0 Å². The number of fused-ring (bicyclic) bond motifs is 1. The number of hydrogen-bond donors (Lipinski definition) is 2. The van der Waals surface area contributed by atoms with Crippen molar-refractivity contribution in [3.05, 3.63) is 53.9 Å². The molecule has 28 heavy (non-hydrogen) atoms. The second-order valence-corrected chi connectivity index (χ2v) is 6.93. The number of thioether (sulfide) groups is 1. The second-order valence-electron chi connectivity index (χ2n) is 5.98. The Morgan fingerprint density at radius 1 is 1.36 bits per heavy atom. The van der Waals surface area contributed by atoms with E-state index in [-0.39, 0.29) is 17.5 Å². The third kappa shape index (κ3) is 3.66. The second kappa shape index (κ2) is 7.52. The lowest BCUT2D eigenvalue weighted by atomic mass is 10.0. The molecule has 1 atom stereocenters. The summed E-state index contributed by atoms with van der Waals surface area (Å²) in [4.78, 5) is 16.9. The number of carbonyl (C=O) groups excluding carboxylic acids is 1. The van der Waals surface area contributed by atoms with Crippen LogP contribution in [0.15, 0.2) is 46.7 Å². The minimum absolute atomic E-state index is 0.00744. The van der Waals surface area contributed by atoms with E-state index in [2.05, 4.69) is 26.1 Å². The number of anilines is 1. The molecule has 2 aromatic rings. The van der Waals surface area contributed by atoms with E-state index in [0.29, 0.717) is 17.0 Å². The first-order valence-electron chi connectivity index (χ1n) is 8.18. The van der Waals surface area contributed by atoms with E-state index in [1.165, 1.54) is 6.07 Å². The minimum atomic E-state index is -0.831. The van der Waals surface area contributed by atoms with Gasteiger partial charge in [-0.05, 0) is 30.4 Å². The number of carbonyl (C=O) groups is 1. The molecule has 1 aromatic carbocycles. The Balaban J connectivity index is 1.40. The number of hydroxylamine groups is 1. The molecule has 0 saturated heterocycles. The predicted molar refractivity (Wildman–Crippen MR) is 99.3 cm³/mol. The molecule has 8 nitrogen and oxygen atoms in total. The summed E-state index contributed by atoms with van der Waals surface area (Å²) in [5, 5.41) is 15.0. The number of aromatic nitrogens is 3. The van der Waals surface area contributed by atoms with Crippen LogP contribution < -0.4 is 10.8 Å². The van der Waals surface area contributed by atoms with Gasteiger partial charge in [0.05, 0.1) is 11.4 Å². The largest absolute Gasteiger partial charge is 0.323 e. The van der Waals surface area contributed by atoms with Crippen LogP contribution in [-0.4, -0.2) is 38.2 Å². The molecule has 1 unspecified atom stereocenters. The number of allylic oxidation sites excluding steroid dienone is 2. The van der Waals surface area contributed by atoms with Crippen molar-refractivity contribution in [2.75, 3.05) is 11.1 Å². The first-order chi connectivity index (χ1) is 13.5. The number of amides is 1. The van der Waals surface area contributed by atoms with Gasteiger partial charge in [0.25, 0.3) is 0 Å². The lowest BCUT2D eigenvalue weighted by Gasteiger charge is -2.11. The van der Waals surface area contributed by atoms with Crippen LogP contribution in [0, 0.1) is 11.6 Å². The Labute approximate surface area is 162 Å². The fourth-order valence-electron chi connectivity index (χ4n) is 2.67. The van der Waals surface area contributed by atoms with Crippen LogP contribution in [0.1, 0.15) is 5.82 Å². The van der Waals surface area contributed by atoms with Crippen molar-refractivity contribution in [2.24, 2.45) is 12.2 Å². The predicted octanol–water partition coefficient (Wildman–Crippen LogP) is 2.04. The fraction of sp³-hybridized carbons (Fsp3) is 0.176. The zero-order valence-corrected chi connectivity index (χ0v) is 15.3. The molecule has 1 amide bonds. The van der Waals surface area contributed by atoms with Gasteiger partial charge in [-0.3, -0.25) is 9.73 Å².